The molecule has 1 N–H and O–H groups in total. The fourth-order valence-corrected chi connectivity index (χ4v) is 4.02. The Bertz CT molecular complexity index is 816. The number of piperidine rings is 1. The Balaban J connectivity index is 1.92. The summed E-state index contributed by atoms with van der Waals surface area (Å²) in [5, 5.41) is 0. The molecule has 1 aromatic carbocycles. The first-order valence-corrected chi connectivity index (χ1v) is 9.37. The van der Waals surface area contributed by atoms with Crippen molar-refractivity contribution in [1.82, 2.24) is 9.88 Å². The number of nitrogens with zero attached hydrogens (tertiary/aromatic N) is 2. The van der Waals surface area contributed by atoms with E-state index in [0.717, 1.165) is 19.3 Å². The number of carbonyl (C=O) groups is 1. The second kappa shape index (κ2) is 7.00. The van der Waals surface area contributed by atoms with Crippen LogP contribution < -0.4 is 4.72 Å². The Hall–Kier alpha value is -2.41. The zero-order chi connectivity index (χ0) is 17.0. The maximum absolute atomic E-state index is 12.7. The van der Waals surface area contributed by atoms with Crippen LogP contribution in [0.5, 0.6) is 0 Å². The van der Waals surface area contributed by atoms with Crippen molar-refractivity contribution >= 4 is 21.6 Å². The highest BCUT2D eigenvalue weighted by Crippen LogP contribution is 2.22. The number of nitrogens with one attached hydrogen (secondary N) is 1. The van der Waals surface area contributed by atoms with Crippen molar-refractivity contribution in [2.45, 2.75) is 24.2 Å². The van der Waals surface area contributed by atoms with Gasteiger partial charge in [-0.3, -0.25) is 14.5 Å². The van der Waals surface area contributed by atoms with Crippen LogP contribution in [0.4, 0.5) is 5.69 Å². The molecule has 0 saturated carbocycles. The monoisotopic (exact) mass is 345 g/mol. The molecule has 2 aromatic rings. The maximum atomic E-state index is 12.7. The summed E-state index contributed by atoms with van der Waals surface area (Å²) in [7, 11) is -3.87. The van der Waals surface area contributed by atoms with Gasteiger partial charge < -0.3 is 4.90 Å². The third-order valence-electron chi connectivity index (χ3n) is 3.96. The number of hydrogen-bond donors (Lipinski definition) is 1. The number of likely N-dealkylation sites (tertiary alicyclic amines) is 1. The number of carbonyl (C=O) groups excluding carboxylic acids is 1. The summed E-state index contributed by atoms with van der Waals surface area (Å²) in [6.07, 6.45) is 5.99. The van der Waals surface area contributed by atoms with Crippen molar-refractivity contribution in [3.05, 3.63) is 54.4 Å². The zero-order valence-corrected chi connectivity index (χ0v) is 14.0. The van der Waals surface area contributed by atoms with Crippen molar-refractivity contribution in [1.29, 1.82) is 0 Å². The smallest absolute Gasteiger partial charge is 0.262 e. The SMILES string of the molecule is O=C(c1ccccc1S(=O)(=O)Nc1cccnc1)N1CCCCC1. The molecule has 0 aliphatic carbocycles. The molecule has 0 unspecified atom stereocenters. The molecule has 6 nitrogen and oxygen atoms in total. The molecule has 24 heavy (non-hydrogen) atoms. The zero-order valence-electron chi connectivity index (χ0n) is 13.2. The highest BCUT2D eigenvalue weighted by Gasteiger charge is 2.26. The lowest BCUT2D eigenvalue weighted by Gasteiger charge is -2.27. The molecule has 1 aliphatic rings. The minimum absolute atomic E-state index is 0.00979. The van der Waals surface area contributed by atoms with Crippen LogP contribution in [0.25, 0.3) is 0 Å². The Kier molecular flexibility index (Phi) is 4.80. The van der Waals surface area contributed by atoms with Crippen LogP contribution in [0.15, 0.2) is 53.7 Å². The first-order valence-electron chi connectivity index (χ1n) is 7.89. The molecular formula is C17H19N3O3S. The van der Waals surface area contributed by atoms with Crippen LogP contribution >= 0.6 is 0 Å². The summed E-state index contributed by atoms with van der Waals surface area (Å²) in [5.41, 5.74) is 0.563. The number of rotatable bonds is 4. The predicted molar refractivity (Wildman–Crippen MR) is 91.2 cm³/mol. The first-order chi connectivity index (χ1) is 11.6. The molecule has 0 radical (unpaired) electrons. The Morgan fingerprint density at radius 1 is 1.04 bits per heavy atom. The van der Waals surface area contributed by atoms with Crippen LogP contribution in [0, 0.1) is 0 Å². The van der Waals surface area contributed by atoms with Crippen molar-refractivity contribution in [2.75, 3.05) is 17.8 Å². The van der Waals surface area contributed by atoms with Crippen molar-refractivity contribution in [2.24, 2.45) is 0 Å². The van der Waals surface area contributed by atoms with Crippen LogP contribution in [0.1, 0.15) is 29.6 Å². The molecule has 1 aromatic heterocycles. The van der Waals surface area contributed by atoms with Gasteiger partial charge in [0.25, 0.3) is 15.9 Å². The van der Waals surface area contributed by atoms with E-state index in [1.807, 2.05) is 0 Å². The quantitative estimate of drug-likeness (QED) is 0.923. The van der Waals surface area contributed by atoms with Crippen LogP contribution in [0.2, 0.25) is 0 Å². The van der Waals surface area contributed by atoms with E-state index in [2.05, 4.69) is 9.71 Å². The summed E-state index contributed by atoms with van der Waals surface area (Å²) < 4.78 is 27.9. The van der Waals surface area contributed by atoms with Crippen LogP contribution in [-0.2, 0) is 10.0 Å². The van der Waals surface area contributed by atoms with Crippen molar-refractivity contribution in [3.63, 3.8) is 0 Å². The van der Waals surface area contributed by atoms with Gasteiger partial charge in [0.1, 0.15) is 4.90 Å². The van der Waals surface area contributed by atoms with Gasteiger partial charge in [0.05, 0.1) is 17.4 Å². The van der Waals surface area contributed by atoms with Gasteiger partial charge in [-0.05, 0) is 43.5 Å². The standard InChI is InChI=1S/C17H19N3O3S/c21-17(20-11-4-1-5-12-20)15-8-2-3-9-16(15)24(22,23)19-14-7-6-10-18-13-14/h2-3,6-10,13,19H,1,4-5,11-12H2. The number of anilines is 1. The number of pyridine rings is 1. The molecule has 126 valence electrons. The van der Waals surface area contributed by atoms with E-state index in [4.69, 9.17) is 0 Å². The summed E-state index contributed by atoms with van der Waals surface area (Å²) in [4.78, 5) is 18.3. The summed E-state index contributed by atoms with van der Waals surface area (Å²) >= 11 is 0. The van der Waals surface area contributed by atoms with Gasteiger partial charge in [-0.1, -0.05) is 12.1 Å². The van der Waals surface area contributed by atoms with E-state index in [0.29, 0.717) is 18.8 Å². The highest BCUT2D eigenvalue weighted by atomic mass is 32.2. The molecule has 2 heterocycles. The lowest BCUT2D eigenvalue weighted by atomic mass is 10.1. The molecule has 1 fully saturated rings. The predicted octanol–water partition coefficient (Wildman–Crippen LogP) is 2.51. The van der Waals surface area contributed by atoms with E-state index in [1.165, 1.54) is 12.3 Å². The summed E-state index contributed by atoms with van der Waals surface area (Å²) in [6.45, 7) is 1.34. The summed E-state index contributed by atoms with van der Waals surface area (Å²) in [6, 6.07) is 9.57. The average Bonchev–Trinajstić information content (AvgIpc) is 2.62. The van der Waals surface area contributed by atoms with E-state index in [1.54, 1.807) is 41.4 Å². The van der Waals surface area contributed by atoms with E-state index < -0.39 is 10.0 Å². The maximum Gasteiger partial charge on any atom is 0.262 e. The number of benzene rings is 1. The van der Waals surface area contributed by atoms with Gasteiger partial charge in [0, 0.05) is 19.3 Å². The molecule has 7 heteroatoms. The number of hydrogen-bond acceptors (Lipinski definition) is 4. The van der Waals surface area contributed by atoms with E-state index in [9.17, 15) is 13.2 Å². The third kappa shape index (κ3) is 3.56. The number of aromatic nitrogens is 1. The average molecular weight is 345 g/mol. The normalized spacial score (nSPS) is 15.1. The number of amides is 1. The van der Waals surface area contributed by atoms with Crippen LogP contribution in [0.3, 0.4) is 0 Å². The van der Waals surface area contributed by atoms with Gasteiger partial charge in [-0.25, -0.2) is 8.42 Å². The first kappa shape index (κ1) is 16.4. The molecule has 0 spiro atoms. The fraction of sp³-hybridized carbons (Fsp3) is 0.294. The Morgan fingerprint density at radius 2 is 1.79 bits per heavy atom. The lowest BCUT2D eigenvalue weighted by molar-refractivity contribution is 0.0720. The minimum atomic E-state index is -3.87. The molecule has 0 atom stereocenters. The van der Waals surface area contributed by atoms with Gasteiger partial charge in [0.2, 0.25) is 0 Å². The largest absolute Gasteiger partial charge is 0.339 e. The Labute approximate surface area is 141 Å². The third-order valence-corrected chi connectivity index (χ3v) is 5.40. The molecule has 3 rings (SSSR count). The topological polar surface area (TPSA) is 79.4 Å². The van der Waals surface area contributed by atoms with E-state index >= 15 is 0 Å². The lowest BCUT2D eigenvalue weighted by Crippen LogP contribution is -2.36. The Morgan fingerprint density at radius 3 is 2.50 bits per heavy atom. The fourth-order valence-electron chi connectivity index (χ4n) is 2.78. The van der Waals surface area contributed by atoms with Crippen molar-refractivity contribution in [3.8, 4) is 0 Å². The molecular weight excluding hydrogens is 326 g/mol. The number of sulfonamides is 1. The van der Waals surface area contributed by atoms with Gasteiger partial charge in [-0.15, -0.1) is 0 Å². The van der Waals surface area contributed by atoms with Gasteiger partial charge in [0.15, 0.2) is 0 Å². The van der Waals surface area contributed by atoms with Crippen molar-refractivity contribution < 1.29 is 13.2 Å². The molecule has 1 aliphatic heterocycles. The van der Waals surface area contributed by atoms with Gasteiger partial charge >= 0.3 is 0 Å². The minimum Gasteiger partial charge on any atom is -0.339 e. The second-order valence-corrected chi connectivity index (χ2v) is 7.35. The van der Waals surface area contributed by atoms with Crippen LogP contribution in [-0.4, -0.2) is 37.3 Å². The molecule has 0 bridgehead atoms. The van der Waals surface area contributed by atoms with E-state index in [-0.39, 0.29) is 16.4 Å². The summed E-state index contributed by atoms with van der Waals surface area (Å²) in [5.74, 6) is -0.234. The van der Waals surface area contributed by atoms with Gasteiger partial charge in [-0.2, -0.15) is 0 Å². The molecule has 1 saturated heterocycles. The second-order valence-electron chi connectivity index (χ2n) is 5.70. The highest BCUT2D eigenvalue weighted by molar-refractivity contribution is 7.92. The molecule has 1 amide bonds.